The lowest BCUT2D eigenvalue weighted by atomic mass is 10.0. The molecular formula is C56H56N8O13. The van der Waals surface area contributed by atoms with E-state index in [1.165, 1.54) is 24.3 Å². The maximum atomic E-state index is 12.9. The largest absolute Gasteiger partial charge is 0.508 e. The first-order valence-corrected chi connectivity index (χ1v) is 24.9. The third kappa shape index (κ3) is 12.6. The Morgan fingerprint density at radius 2 is 1.23 bits per heavy atom. The van der Waals surface area contributed by atoms with Crippen LogP contribution in [0.25, 0.3) is 11.3 Å². The third-order valence-electron chi connectivity index (χ3n) is 13.2. The summed E-state index contributed by atoms with van der Waals surface area (Å²) in [5, 5.41) is 40.5. The van der Waals surface area contributed by atoms with Gasteiger partial charge in [0, 0.05) is 94.8 Å². The Morgan fingerprint density at radius 3 is 1.87 bits per heavy atom. The first-order chi connectivity index (χ1) is 37.3. The molecule has 21 heteroatoms. The fraction of sp³-hybridized carbons (Fsp3) is 0.286. The van der Waals surface area contributed by atoms with Crippen LogP contribution < -0.4 is 35.5 Å². The van der Waals surface area contributed by atoms with Crippen LogP contribution in [0.2, 0.25) is 0 Å². The molecule has 13 rings (SSSR count). The lowest BCUT2D eigenvalue weighted by Crippen LogP contribution is -2.47. The van der Waals surface area contributed by atoms with Gasteiger partial charge >= 0.3 is 0 Å². The molecule has 0 bridgehead atoms. The molecule has 7 N–H and O–H groups in total. The van der Waals surface area contributed by atoms with Crippen molar-refractivity contribution in [2.75, 3.05) is 79.2 Å². The number of Topliss-reactive ketones (excluding diaryl/α,β-unsaturated/α-hetero) is 3. The molecule has 3 aromatic carbocycles. The highest BCUT2D eigenvalue weighted by Crippen LogP contribution is 2.41. The Balaban J connectivity index is 0.000000129. The molecule has 0 spiro atoms. The minimum Gasteiger partial charge on any atom is -0.508 e. The van der Waals surface area contributed by atoms with E-state index in [-0.39, 0.29) is 84.4 Å². The molecule has 3 saturated heterocycles. The number of hydrogen-bond donors (Lipinski definition) is 7. The second kappa shape index (κ2) is 24.2. The molecule has 0 unspecified atom stereocenters. The molecule has 3 amide bonds. The van der Waals surface area contributed by atoms with Crippen molar-refractivity contribution < 1.29 is 63.0 Å². The lowest BCUT2D eigenvalue weighted by molar-refractivity contribution is -0.125. The molecule has 77 heavy (non-hydrogen) atoms. The predicted molar refractivity (Wildman–Crippen MR) is 278 cm³/mol. The quantitative estimate of drug-likeness (QED) is 0.120. The fourth-order valence-corrected chi connectivity index (χ4v) is 9.33. The number of fused-ring (bicyclic) bond motifs is 5. The van der Waals surface area contributed by atoms with Gasteiger partial charge in [0.2, 0.25) is 35.1 Å². The van der Waals surface area contributed by atoms with Gasteiger partial charge in [0.05, 0.1) is 65.9 Å². The SMILES string of the molecule is COC1=CCc2ncccc21.O=C1CN(Cc2c(O)ccc3c2O/C(=C\C2=CCc4ncccc42)C3=O)CCN1.O=C1CN(Cc2c(O)ccc3c2OCC3=O)CCN1.O=C1CNCCN1.O=C1COc2cc(O)ccc21. The Kier molecular flexibility index (Phi) is 16.6. The number of amides is 3. The average molecular weight is 1050 g/mol. The van der Waals surface area contributed by atoms with E-state index in [1.54, 1.807) is 37.6 Å². The van der Waals surface area contributed by atoms with Gasteiger partial charge in [0.25, 0.3) is 0 Å². The molecule has 6 aliphatic heterocycles. The van der Waals surface area contributed by atoms with Gasteiger partial charge in [-0.15, -0.1) is 0 Å². The zero-order valence-corrected chi connectivity index (χ0v) is 42.1. The molecule has 5 aromatic rings. The van der Waals surface area contributed by atoms with Crippen LogP contribution in [0.3, 0.4) is 0 Å². The van der Waals surface area contributed by atoms with E-state index in [0.29, 0.717) is 90.9 Å². The van der Waals surface area contributed by atoms with Crippen LogP contribution in [0.4, 0.5) is 0 Å². The summed E-state index contributed by atoms with van der Waals surface area (Å²) in [6.07, 6.45) is 11.0. The predicted octanol–water partition coefficient (Wildman–Crippen LogP) is 3.01. The Morgan fingerprint density at radius 1 is 0.636 bits per heavy atom. The molecule has 8 aliphatic rings. The number of aromatic hydroxyl groups is 3. The fourth-order valence-electron chi connectivity index (χ4n) is 9.33. The van der Waals surface area contributed by atoms with Crippen molar-refractivity contribution in [2.24, 2.45) is 0 Å². The van der Waals surface area contributed by atoms with Crippen molar-refractivity contribution >= 4 is 46.4 Å². The highest BCUT2D eigenvalue weighted by molar-refractivity contribution is 6.14. The van der Waals surface area contributed by atoms with Gasteiger partial charge in [-0.25, -0.2) is 0 Å². The lowest BCUT2D eigenvalue weighted by Gasteiger charge is -2.27. The van der Waals surface area contributed by atoms with Crippen LogP contribution in [0.15, 0.2) is 103 Å². The van der Waals surface area contributed by atoms with Gasteiger partial charge in [-0.05, 0) is 72.3 Å². The highest BCUT2D eigenvalue weighted by atomic mass is 16.5. The number of phenolic OH excluding ortho intramolecular Hbond substituents is 3. The molecule has 0 saturated carbocycles. The summed E-state index contributed by atoms with van der Waals surface area (Å²) < 4.78 is 21.4. The summed E-state index contributed by atoms with van der Waals surface area (Å²) in [6, 6.07) is 18.5. The summed E-state index contributed by atoms with van der Waals surface area (Å²) in [5.41, 5.74) is 7.72. The third-order valence-corrected chi connectivity index (χ3v) is 13.2. The molecule has 2 aliphatic carbocycles. The van der Waals surface area contributed by atoms with E-state index in [4.69, 9.17) is 24.1 Å². The molecule has 2 aromatic heterocycles. The maximum absolute atomic E-state index is 12.9. The van der Waals surface area contributed by atoms with Crippen LogP contribution in [-0.2, 0) is 45.1 Å². The summed E-state index contributed by atoms with van der Waals surface area (Å²) >= 11 is 0. The number of benzene rings is 3. The van der Waals surface area contributed by atoms with Crippen molar-refractivity contribution in [3.8, 4) is 34.5 Å². The van der Waals surface area contributed by atoms with Gasteiger partial charge in [-0.3, -0.25) is 48.5 Å². The Labute approximate surface area is 442 Å². The molecular weight excluding hydrogens is 993 g/mol. The van der Waals surface area contributed by atoms with Crippen LogP contribution >= 0.6 is 0 Å². The minimum atomic E-state index is -0.212. The summed E-state index contributed by atoms with van der Waals surface area (Å²) in [5.74, 6) is 2.46. The van der Waals surface area contributed by atoms with Gasteiger partial charge in [0.15, 0.2) is 19.0 Å². The minimum absolute atomic E-state index is 0.0201. The number of nitrogens with zero attached hydrogens (tertiary/aromatic N) is 4. The van der Waals surface area contributed by atoms with E-state index in [9.17, 15) is 39.0 Å². The number of hydrogen-bond acceptors (Lipinski definition) is 18. The van der Waals surface area contributed by atoms with Crippen LogP contribution in [0.5, 0.6) is 34.5 Å². The molecule has 8 heterocycles. The number of aromatic nitrogens is 2. The Hall–Kier alpha value is -8.92. The van der Waals surface area contributed by atoms with Crippen LogP contribution in [0, 0.1) is 0 Å². The monoisotopic (exact) mass is 1050 g/mol. The summed E-state index contributed by atoms with van der Waals surface area (Å²) in [6.45, 7) is 6.08. The first-order valence-electron chi connectivity index (χ1n) is 24.9. The van der Waals surface area contributed by atoms with Crippen molar-refractivity contribution in [3.05, 3.63) is 153 Å². The number of ketones is 3. The number of carbonyl (C=O) groups excluding carboxylic acids is 6. The van der Waals surface area contributed by atoms with Crippen LogP contribution in [0.1, 0.15) is 64.7 Å². The van der Waals surface area contributed by atoms with Gasteiger partial charge < -0.3 is 55.5 Å². The van der Waals surface area contributed by atoms with Gasteiger partial charge in [-0.2, -0.15) is 0 Å². The number of allylic oxidation sites excluding steroid dienone is 5. The van der Waals surface area contributed by atoms with Crippen LogP contribution in [-0.4, -0.2) is 149 Å². The number of rotatable bonds is 6. The number of piperazine rings is 3. The van der Waals surface area contributed by atoms with E-state index in [2.05, 4.69) is 37.3 Å². The highest BCUT2D eigenvalue weighted by Gasteiger charge is 2.33. The molecule has 21 nitrogen and oxygen atoms in total. The van der Waals surface area contributed by atoms with E-state index < -0.39 is 0 Å². The smallest absolute Gasteiger partial charge is 0.234 e. The van der Waals surface area contributed by atoms with Crippen molar-refractivity contribution in [2.45, 2.75) is 25.9 Å². The van der Waals surface area contributed by atoms with Gasteiger partial charge in [0.1, 0.15) is 40.3 Å². The van der Waals surface area contributed by atoms with Crippen molar-refractivity contribution in [1.82, 2.24) is 41.0 Å². The number of carbonyl (C=O) groups is 6. The van der Waals surface area contributed by atoms with Gasteiger partial charge in [-0.1, -0.05) is 12.1 Å². The number of ether oxygens (including phenoxy) is 4. The van der Waals surface area contributed by atoms with E-state index in [0.717, 1.165) is 59.8 Å². The number of pyridine rings is 2. The topological polar surface area (TPSA) is 280 Å². The number of methoxy groups -OCH3 is 1. The molecule has 398 valence electrons. The summed E-state index contributed by atoms with van der Waals surface area (Å²) in [7, 11) is 1.69. The summed E-state index contributed by atoms with van der Waals surface area (Å²) in [4.78, 5) is 81.2. The zero-order chi connectivity index (χ0) is 54.0. The first kappa shape index (κ1) is 52.9. The standard InChI is InChI=1S/C22H19N3O4.C13H14N2O4.C9H9NO.C8H6O3.C4H8N2O/c26-18-6-4-15-21(28)19(10-13-3-5-17-14(13)2-1-7-23-17)29-22(15)16(18)11-25-9-8-24-20(27)12-25;16-10-2-1-8-11(17)7-19-13(8)9(10)5-15-4-3-14-12(18)6-15;1-11-9-5-4-8-7(9)3-2-6-10-8;9-5-1-2-6-7(10)4-11-8(6)3-5;7-4-3-5-1-2-6-4/h1-4,6-7,10,26H,5,8-9,11-12H2,(H,24,27);1-2,16H,3-7H2,(H,14,18);2-3,5-6H,4H2,1H3;1-3,9H,4H2;5H,1-3H2,(H,6,7)/b19-10-;;;;. The number of nitrogens with one attached hydrogen (secondary N) is 4. The van der Waals surface area contributed by atoms with E-state index >= 15 is 0 Å². The normalized spacial score (nSPS) is 18.1. The second-order valence-electron chi connectivity index (χ2n) is 18.4. The Bertz CT molecular complexity index is 3240. The zero-order valence-electron chi connectivity index (χ0n) is 42.1. The number of phenols is 3. The van der Waals surface area contributed by atoms with Crippen molar-refractivity contribution in [1.29, 1.82) is 0 Å². The van der Waals surface area contributed by atoms with E-state index in [1.807, 2.05) is 46.3 Å². The molecule has 0 atom stereocenters. The van der Waals surface area contributed by atoms with Crippen molar-refractivity contribution in [3.63, 3.8) is 0 Å². The second-order valence-corrected chi connectivity index (χ2v) is 18.4. The molecule has 0 radical (unpaired) electrons. The molecule has 3 fully saturated rings. The maximum Gasteiger partial charge on any atom is 0.234 e. The average Bonchev–Trinajstić information content (AvgIpc) is 4.32.